The second-order valence-electron chi connectivity index (χ2n) is 5.58. The monoisotopic (exact) mass is 462 g/mol. The summed E-state index contributed by atoms with van der Waals surface area (Å²) in [5.41, 5.74) is 0. The largest absolute Gasteiger partial charge is 0.469 e. The van der Waals surface area contributed by atoms with Gasteiger partial charge in [-0.1, -0.05) is 0 Å². The molecular weight excluding hydrogens is 451 g/mol. The summed E-state index contributed by atoms with van der Waals surface area (Å²) in [4.78, 5) is 21.8. The number of unbranched alkanes of at least 4 members (excludes halogenated alkanes) is 1. The van der Waals surface area contributed by atoms with E-state index < -0.39 is 73.2 Å². The summed E-state index contributed by atoms with van der Waals surface area (Å²) < 4.78 is 171. The van der Waals surface area contributed by atoms with E-state index in [1.165, 1.54) is 0 Å². The van der Waals surface area contributed by atoms with Crippen LogP contribution in [0.4, 0.5) is 57.1 Å². The molecule has 0 amide bonds. The minimum Gasteiger partial charge on any atom is -0.469 e. The molecular formula is C13H11F13O3. The molecule has 0 aromatic carbocycles. The Balaban J connectivity index is 5.75. The third-order valence-corrected chi connectivity index (χ3v) is 3.55. The zero-order chi connectivity index (χ0) is 23.7. The highest BCUT2D eigenvalue weighted by Gasteiger charge is 2.91. The normalized spacial score (nSPS) is 14.7. The van der Waals surface area contributed by atoms with Gasteiger partial charge in [-0.15, -0.1) is 0 Å². The molecule has 29 heavy (non-hydrogen) atoms. The van der Waals surface area contributed by atoms with Crippen molar-refractivity contribution in [3.8, 4) is 0 Å². The lowest BCUT2D eigenvalue weighted by Crippen LogP contribution is -2.71. The molecule has 16 heteroatoms. The summed E-state index contributed by atoms with van der Waals surface area (Å²) in [5.74, 6) is -42.3. The van der Waals surface area contributed by atoms with Crippen LogP contribution < -0.4 is 0 Å². The van der Waals surface area contributed by atoms with Gasteiger partial charge in [-0.2, -0.15) is 57.1 Å². The van der Waals surface area contributed by atoms with E-state index in [0.717, 1.165) is 7.11 Å². The Bertz CT molecular complexity index is 610. The van der Waals surface area contributed by atoms with Crippen molar-refractivity contribution in [2.45, 2.75) is 61.5 Å². The van der Waals surface area contributed by atoms with Gasteiger partial charge < -0.3 is 4.74 Å². The molecule has 0 aliphatic rings. The molecule has 0 N–H and O–H groups in total. The quantitative estimate of drug-likeness (QED) is 0.260. The lowest BCUT2D eigenvalue weighted by molar-refractivity contribution is -0.436. The van der Waals surface area contributed by atoms with E-state index >= 15 is 0 Å². The Morgan fingerprint density at radius 2 is 1.00 bits per heavy atom. The molecule has 0 saturated heterocycles. The Labute approximate surface area is 153 Å². The van der Waals surface area contributed by atoms with E-state index in [-0.39, 0.29) is 0 Å². The fourth-order valence-electron chi connectivity index (χ4n) is 1.76. The second kappa shape index (κ2) is 8.16. The number of halogens is 13. The SMILES string of the molecule is COC(=O)CCCCC(=O)C(F)(F)C(F)(F)C(F)(F)C(F)(F)C(F)(F)C(F)(F)F. The third-order valence-electron chi connectivity index (χ3n) is 3.55. The molecule has 0 aromatic heterocycles. The first-order valence-electron chi connectivity index (χ1n) is 7.18. The minimum atomic E-state index is -8.05. The van der Waals surface area contributed by atoms with Crippen LogP contribution >= 0.6 is 0 Å². The predicted octanol–water partition coefficient (Wildman–Crippen LogP) is 5.03. The summed E-state index contributed by atoms with van der Waals surface area (Å²) in [6.45, 7) is 0. The number of ether oxygens (including phenoxy) is 1. The minimum absolute atomic E-state index is 0.487. The van der Waals surface area contributed by atoms with Crippen LogP contribution in [0.2, 0.25) is 0 Å². The number of hydrogen-bond acceptors (Lipinski definition) is 3. The molecule has 0 rings (SSSR count). The van der Waals surface area contributed by atoms with E-state index in [9.17, 15) is 66.7 Å². The van der Waals surface area contributed by atoms with Gasteiger partial charge in [0.2, 0.25) is 5.78 Å². The zero-order valence-corrected chi connectivity index (χ0v) is 14.0. The van der Waals surface area contributed by atoms with E-state index in [0.29, 0.717) is 0 Å². The molecule has 0 aromatic rings. The summed E-state index contributed by atoms with van der Waals surface area (Å²) in [7, 11) is 0.890. The number of alkyl halides is 13. The number of rotatable bonds is 10. The molecule has 0 aliphatic heterocycles. The van der Waals surface area contributed by atoms with Gasteiger partial charge in [-0.25, -0.2) is 0 Å². The van der Waals surface area contributed by atoms with Gasteiger partial charge >= 0.3 is 41.8 Å². The van der Waals surface area contributed by atoms with Crippen molar-refractivity contribution < 1.29 is 71.4 Å². The van der Waals surface area contributed by atoms with Crippen molar-refractivity contribution in [2.24, 2.45) is 0 Å². The smallest absolute Gasteiger partial charge is 0.460 e. The topological polar surface area (TPSA) is 43.4 Å². The lowest BCUT2D eigenvalue weighted by atomic mass is 9.91. The Kier molecular flexibility index (Phi) is 7.66. The highest BCUT2D eigenvalue weighted by molar-refractivity contribution is 5.87. The molecule has 0 aliphatic carbocycles. The van der Waals surface area contributed by atoms with Crippen molar-refractivity contribution >= 4 is 11.8 Å². The van der Waals surface area contributed by atoms with Crippen LogP contribution in [0.15, 0.2) is 0 Å². The van der Waals surface area contributed by atoms with E-state index in [4.69, 9.17) is 0 Å². The summed E-state index contributed by atoms with van der Waals surface area (Å²) in [5, 5.41) is 0. The molecule has 3 nitrogen and oxygen atoms in total. The van der Waals surface area contributed by atoms with Crippen LogP contribution in [0.25, 0.3) is 0 Å². The highest BCUT2D eigenvalue weighted by atomic mass is 19.4. The number of carbonyl (C=O) groups is 2. The van der Waals surface area contributed by atoms with Crippen molar-refractivity contribution in [1.82, 2.24) is 0 Å². The van der Waals surface area contributed by atoms with Crippen molar-refractivity contribution in [3.05, 3.63) is 0 Å². The third kappa shape index (κ3) is 4.54. The number of methoxy groups -OCH3 is 1. The number of hydrogen-bond donors (Lipinski definition) is 0. The van der Waals surface area contributed by atoms with Gasteiger partial charge in [-0.05, 0) is 12.8 Å². The second-order valence-corrected chi connectivity index (χ2v) is 5.58. The molecule has 0 radical (unpaired) electrons. The lowest BCUT2D eigenvalue weighted by Gasteiger charge is -2.39. The molecule has 172 valence electrons. The maximum atomic E-state index is 13.4. The predicted molar refractivity (Wildman–Crippen MR) is 66.3 cm³/mol. The van der Waals surface area contributed by atoms with Crippen LogP contribution in [0.5, 0.6) is 0 Å². The maximum Gasteiger partial charge on any atom is 0.460 e. The van der Waals surface area contributed by atoms with Crippen molar-refractivity contribution in [1.29, 1.82) is 0 Å². The van der Waals surface area contributed by atoms with E-state index in [1.54, 1.807) is 0 Å². The number of carbonyl (C=O) groups excluding carboxylic acids is 2. The van der Waals surface area contributed by atoms with Crippen LogP contribution in [0, 0.1) is 0 Å². The molecule has 0 saturated carbocycles. The van der Waals surface area contributed by atoms with Crippen molar-refractivity contribution in [3.63, 3.8) is 0 Å². The van der Waals surface area contributed by atoms with Gasteiger partial charge in [0, 0.05) is 12.8 Å². The van der Waals surface area contributed by atoms with E-state index in [2.05, 4.69) is 4.74 Å². The fraction of sp³-hybridized carbons (Fsp3) is 0.846. The average molecular weight is 462 g/mol. The molecule has 0 heterocycles. The van der Waals surface area contributed by atoms with Gasteiger partial charge in [0.25, 0.3) is 0 Å². The summed E-state index contributed by atoms with van der Waals surface area (Å²) in [6, 6.07) is 0. The molecule has 0 fully saturated rings. The Hall–Kier alpha value is -1.77. The number of esters is 1. The van der Waals surface area contributed by atoms with Gasteiger partial charge in [0.15, 0.2) is 0 Å². The van der Waals surface area contributed by atoms with Gasteiger partial charge in [0.05, 0.1) is 7.11 Å². The first kappa shape index (κ1) is 27.2. The first-order valence-corrected chi connectivity index (χ1v) is 7.18. The Morgan fingerprint density at radius 3 is 1.38 bits per heavy atom. The molecule has 0 unspecified atom stereocenters. The zero-order valence-electron chi connectivity index (χ0n) is 14.0. The van der Waals surface area contributed by atoms with E-state index in [1.807, 2.05) is 0 Å². The Morgan fingerprint density at radius 1 is 0.621 bits per heavy atom. The first-order chi connectivity index (χ1) is 12.6. The fourth-order valence-corrected chi connectivity index (χ4v) is 1.76. The summed E-state index contributed by atoms with van der Waals surface area (Å²) in [6.07, 6.45) is -11.1. The maximum absolute atomic E-state index is 13.4. The van der Waals surface area contributed by atoms with Crippen LogP contribution in [-0.4, -0.2) is 54.7 Å². The highest BCUT2D eigenvalue weighted by Crippen LogP contribution is 2.60. The average Bonchev–Trinajstić information content (AvgIpc) is 2.56. The standard InChI is InChI=1S/C13H11F13O3/c1-29-7(28)5-3-2-4-6(27)8(14,15)9(16,17)10(18,19)11(20,21)12(22,23)13(24,25)26/h2-5H2,1H3. The van der Waals surface area contributed by atoms with Crippen LogP contribution in [0.1, 0.15) is 25.7 Å². The van der Waals surface area contributed by atoms with Gasteiger partial charge in [-0.3, -0.25) is 9.59 Å². The number of Topliss-reactive ketones (excluding diaryl/α,β-unsaturated/α-hetero) is 1. The number of ketones is 1. The molecule has 0 spiro atoms. The summed E-state index contributed by atoms with van der Waals surface area (Å²) >= 11 is 0. The van der Waals surface area contributed by atoms with Gasteiger partial charge in [0.1, 0.15) is 0 Å². The van der Waals surface area contributed by atoms with Crippen LogP contribution in [0.3, 0.4) is 0 Å². The molecule has 0 atom stereocenters. The van der Waals surface area contributed by atoms with Crippen LogP contribution in [-0.2, 0) is 14.3 Å². The molecule has 0 bridgehead atoms. The van der Waals surface area contributed by atoms with Crippen molar-refractivity contribution in [2.75, 3.05) is 7.11 Å².